The fourth-order valence-corrected chi connectivity index (χ4v) is 4.44. The van der Waals surface area contributed by atoms with Crippen molar-refractivity contribution in [3.05, 3.63) is 28.6 Å². The molecule has 1 fully saturated rings. The van der Waals surface area contributed by atoms with Gasteiger partial charge >= 0.3 is 5.97 Å². The SMILES string of the molecule is O=C(O)CC1CCN(C(=O)Cc2csc(-c3cccs3)n2)CC1. The van der Waals surface area contributed by atoms with Gasteiger partial charge in [0.15, 0.2) is 0 Å². The molecule has 7 heteroatoms. The van der Waals surface area contributed by atoms with Gasteiger partial charge in [0.2, 0.25) is 5.91 Å². The number of thiazole rings is 1. The predicted octanol–water partition coefficient (Wildman–Crippen LogP) is 3.13. The first-order valence-corrected chi connectivity index (χ1v) is 9.35. The Bertz CT molecular complexity index is 673. The highest BCUT2D eigenvalue weighted by atomic mass is 32.1. The van der Waals surface area contributed by atoms with Crippen molar-refractivity contribution in [2.75, 3.05) is 13.1 Å². The number of aromatic nitrogens is 1. The number of aliphatic carboxylic acids is 1. The van der Waals surface area contributed by atoms with Gasteiger partial charge < -0.3 is 10.0 Å². The zero-order chi connectivity index (χ0) is 16.2. The van der Waals surface area contributed by atoms with Crippen LogP contribution in [0.25, 0.3) is 9.88 Å². The molecular weight excluding hydrogens is 332 g/mol. The van der Waals surface area contributed by atoms with Gasteiger partial charge in [-0.1, -0.05) is 6.07 Å². The van der Waals surface area contributed by atoms with Gasteiger partial charge in [-0.15, -0.1) is 22.7 Å². The highest BCUT2D eigenvalue weighted by Crippen LogP contribution is 2.28. The normalized spacial score (nSPS) is 15.7. The first-order valence-electron chi connectivity index (χ1n) is 7.59. The van der Waals surface area contributed by atoms with Crippen molar-refractivity contribution in [3.8, 4) is 9.88 Å². The Hall–Kier alpha value is -1.73. The Balaban J connectivity index is 1.53. The molecule has 0 atom stereocenters. The Morgan fingerprint density at radius 2 is 2.09 bits per heavy atom. The summed E-state index contributed by atoms with van der Waals surface area (Å²) in [4.78, 5) is 30.6. The van der Waals surface area contributed by atoms with Crippen LogP contribution in [0.3, 0.4) is 0 Å². The van der Waals surface area contributed by atoms with Crippen molar-refractivity contribution in [3.63, 3.8) is 0 Å². The summed E-state index contributed by atoms with van der Waals surface area (Å²) in [6, 6.07) is 4.02. The number of hydrogen-bond acceptors (Lipinski definition) is 5. The lowest BCUT2D eigenvalue weighted by atomic mass is 9.93. The quantitative estimate of drug-likeness (QED) is 0.899. The number of hydrogen-bond donors (Lipinski definition) is 1. The molecule has 0 spiro atoms. The van der Waals surface area contributed by atoms with Crippen LogP contribution < -0.4 is 0 Å². The molecule has 3 rings (SSSR count). The first kappa shape index (κ1) is 16.1. The smallest absolute Gasteiger partial charge is 0.303 e. The number of carbonyl (C=O) groups excluding carboxylic acids is 1. The molecule has 0 aliphatic carbocycles. The second-order valence-electron chi connectivity index (χ2n) is 5.72. The minimum atomic E-state index is -0.752. The van der Waals surface area contributed by atoms with Crippen LogP contribution in [0, 0.1) is 5.92 Å². The molecule has 0 radical (unpaired) electrons. The summed E-state index contributed by atoms with van der Waals surface area (Å²) < 4.78 is 0. The van der Waals surface area contributed by atoms with Gasteiger partial charge in [0.05, 0.1) is 17.0 Å². The maximum atomic E-state index is 12.4. The summed E-state index contributed by atoms with van der Waals surface area (Å²) >= 11 is 3.21. The standard InChI is InChI=1S/C16H18N2O3S2/c19-14(18-5-3-11(4-6-18)8-15(20)21)9-12-10-23-16(17-12)13-2-1-7-22-13/h1-2,7,10-11H,3-6,8-9H2,(H,20,21). The third-order valence-electron chi connectivity index (χ3n) is 4.05. The van der Waals surface area contributed by atoms with Crippen LogP contribution in [0.5, 0.6) is 0 Å². The van der Waals surface area contributed by atoms with Crippen LogP contribution in [-0.2, 0) is 16.0 Å². The minimum absolute atomic E-state index is 0.0850. The molecular formula is C16H18N2O3S2. The lowest BCUT2D eigenvalue weighted by molar-refractivity contribution is -0.138. The Labute approximate surface area is 142 Å². The molecule has 1 N–H and O–H groups in total. The number of likely N-dealkylation sites (tertiary alicyclic amines) is 1. The molecule has 0 bridgehead atoms. The average Bonchev–Trinajstić information content (AvgIpc) is 3.18. The largest absolute Gasteiger partial charge is 0.481 e. The highest BCUT2D eigenvalue weighted by molar-refractivity contribution is 7.20. The number of amides is 1. The molecule has 0 unspecified atom stereocenters. The van der Waals surface area contributed by atoms with Gasteiger partial charge in [0.25, 0.3) is 0 Å². The molecule has 2 aromatic heterocycles. The van der Waals surface area contributed by atoms with E-state index in [2.05, 4.69) is 4.98 Å². The van der Waals surface area contributed by atoms with Crippen LogP contribution in [0.2, 0.25) is 0 Å². The number of thiophene rings is 1. The molecule has 23 heavy (non-hydrogen) atoms. The second-order valence-corrected chi connectivity index (χ2v) is 7.53. The monoisotopic (exact) mass is 350 g/mol. The number of rotatable bonds is 5. The van der Waals surface area contributed by atoms with E-state index in [1.54, 1.807) is 22.7 Å². The van der Waals surface area contributed by atoms with Gasteiger partial charge in [-0.2, -0.15) is 0 Å². The Kier molecular flexibility index (Phi) is 5.07. The van der Waals surface area contributed by atoms with E-state index >= 15 is 0 Å². The molecule has 1 saturated heterocycles. The van der Waals surface area contributed by atoms with Gasteiger partial charge in [0, 0.05) is 24.9 Å². The van der Waals surface area contributed by atoms with Gasteiger partial charge in [-0.3, -0.25) is 9.59 Å². The lowest BCUT2D eigenvalue weighted by Gasteiger charge is -2.31. The second kappa shape index (κ2) is 7.23. The third-order valence-corrected chi connectivity index (χ3v) is 5.98. The molecule has 3 heterocycles. The zero-order valence-electron chi connectivity index (χ0n) is 12.6. The van der Waals surface area contributed by atoms with Gasteiger partial charge in [-0.25, -0.2) is 4.98 Å². The van der Waals surface area contributed by atoms with Crippen molar-refractivity contribution < 1.29 is 14.7 Å². The molecule has 0 saturated carbocycles. The van der Waals surface area contributed by atoms with Crippen molar-refractivity contribution in [1.29, 1.82) is 0 Å². The first-order chi connectivity index (χ1) is 11.1. The molecule has 122 valence electrons. The molecule has 1 aliphatic heterocycles. The third kappa shape index (κ3) is 4.17. The van der Waals surface area contributed by atoms with Crippen molar-refractivity contribution in [2.45, 2.75) is 25.7 Å². The maximum Gasteiger partial charge on any atom is 0.303 e. The number of carboxylic acid groups (broad SMARTS) is 1. The molecule has 2 aromatic rings. The van der Waals surface area contributed by atoms with E-state index in [4.69, 9.17) is 5.11 Å². The molecule has 5 nitrogen and oxygen atoms in total. The Morgan fingerprint density at radius 1 is 1.30 bits per heavy atom. The van der Waals surface area contributed by atoms with E-state index in [1.165, 1.54) is 0 Å². The van der Waals surface area contributed by atoms with Crippen LogP contribution in [0.4, 0.5) is 0 Å². The summed E-state index contributed by atoms with van der Waals surface area (Å²) in [6.45, 7) is 1.30. The highest BCUT2D eigenvalue weighted by Gasteiger charge is 2.24. The van der Waals surface area contributed by atoms with Gasteiger partial charge in [-0.05, 0) is 30.2 Å². The van der Waals surface area contributed by atoms with E-state index in [9.17, 15) is 9.59 Å². The number of nitrogens with zero attached hydrogens (tertiary/aromatic N) is 2. The number of carboxylic acids is 1. The summed E-state index contributed by atoms with van der Waals surface area (Å²) in [7, 11) is 0. The minimum Gasteiger partial charge on any atom is -0.481 e. The molecule has 1 aliphatic rings. The van der Waals surface area contributed by atoms with E-state index in [-0.39, 0.29) is 18.2 Å². The van der Waals surface area contributed by atoms with Crippen LogP contribution >= 0.6 is 22.7 Å². The van der Waals surface area contributed by atoms with Crippen LogP contribution in [-0.4, -0.2) is 40.0 Å². The fraction of sp³-hybridized carbons (Fsp3) is 0.438. The predicted molar refractivity (Wildman–Crippen MR) is 90.7 cm³/mol. The van der Waals surface area contributed by atoms with Crippen molar-refractivity contribution >= 4 is 34.6 Å². The van der Waals surface area contributed by atoms with Crippen LogP contribution in [0.15, 0.2) is 22.9 Å². The van der Waals surface area contributed by atoms with E-state index < -0.39 is 5.97 Å². The number of carbonyl (C=O) groups is 2. The molecule has 1 amide bonds. The summed E-state index contributed by atoms with van der Waals surface area (Å²) in [5, 5.41) is 13.8. The summed E-state index contributed by atoms with van der Waals surface area (Å²) in [6.07, 6.45) is 2.08. The lowest BCUT2D eigenvalue weighted by Crippen LogP contribution is -2.39. The van der Waals surface area contributed by atoms with E-state index in [0.29, 0.717) is 19.5 Å². The Morgan fingerprint density at radius 3 is 2.74 bits per heavy atom. The van der Waals surface area contributed by atoms with Gasteiger partial charge in [0.1, 0.15) is 5.01 Å². The van der Waals surface area contributed by atoms with E-state index in [1.807, 2.05) is 27.8 Å². The van der Waals surface area contributed by atoms with Crippen molar-refractivity contribution in [2.24, 2.45) is 5.92 Å². The average molecular weight is 350 g/mol. The zero-order valence-corrected chi connectivity index (χ0v) is 14.2. The van der Waals surface area contributed by atoms with E-state index in [0.717, 1.165) is 28.4 Å². The summed E-state index contributed by atoms with van der Waals surface area (Å²) in [5.74, 6) is -0.471. The van der Waals surface area contributed by atoms with Crippen LogP contribution in [0.1, 0.15) is 25.0 Å². The van der Waals surface area contributed by atoms with Crippen molar-refractivity contribution in [1.82, 2.24) is 9.88 Å². The number of piperidine rings is 1. The topological polar surface area (TPSA) is 70.5 Å². The summed E-state index contributed by atoms with van der Waals surface area (Å²) in [5.41, 5.74) is 0.816. The maximum absolute atomic E-state index is 12.4. The molecule has 0 aromatic carbocycles. The fourth-order valence-electron chi connectivity index (χ4n) is 2.80.